The molecule has 2 heterocycles. The third-order valence-electron chi connectivity index (χ3n) is 2.61. The lowest BCUT2D eigenvalue weighted by atomic mass is 10.3. The van der Waals surface area contributed by atoms with Gasteiger partial charge in [0.1, 0.15) is 0 Å². The Balaban J connectivity index is 1.79. The van der Waals surface area contributed by atoms with Crippen molar-refractivity contribution in [2.75, 3.05) is 19.6 Å². The van der Waals surface area contributed by atoms with Crippen molar-refractivity contribution in [3.8, 4) is 0 Å². The van der Waals surface area contributed by atoms with Crippen LogP contribution in [0.5, 0.6) is 0 Å². The number of likely N-dealkylation sites (tertiary alicyclic amines) is 1. The van der Waals surface area contributed by atoms with Crippen LogP contribution >= 0.6 is 0 Å². The van der Waals surface area contributed by atoms with Crippen LogP contribution in [0.1, 0.15) is 17.0 Å². The Morgan fingerprint density at radius 3 is 3.00 bits per heavy atom. The Bertz CT molecular complexity index is 402. The van der Waals surface area contributed by atoms with Gasteiger partial charge in [0.15, 0.2) is 5.76 Å². The predicted molar refractivity (Wildman–Crippen MR) is 58.2 cm³/mol. The van der Waals surface area contributed by atoms with E-state index in [-0.39, 0.29) is 24.3 Å². The molecule has 1 atom stereocenters. The van der Waals surface area contributed by atoms with Gasteiger partial charge in [-0.1, -0.05) is 0 Å². The summed E-state index contributed by atoms with van der Waals surface area (Å²) >= 11 is 0. The van der Waals surface area contributed by atoms with Crippen LogP contribution in [0.4, 0.5) is 0 Å². The average Bonchev–Trinajstić information content (AvgIpc) is 2.89. The Morgan fingerprint density at radius 2 is 2.41 bits per heavy atom. The quantitative estimate of drug-likeness (QED) is 0.749. The van der Waals surface area contributed by atoms with Gasteiger partial charge in [0.05, 0.1) is 18.9 Å². The van der Waals surface area contributed by atoms with Crippen LogP contribution in [0.3, 0.4) is 0 Å². The largest absolute Gasteiger partial charge is 0.459 e. The van der Waals surface area contributed by atoms with E-state index in [1.807, 2.05) is 0 Å². The second-order valence-corrected chi connectivity index (χ2v) is 4.03. The highest BCUT2D eigenvalue weighted by Crippen LogP contribution is 2.07. The molecule has 0 radical (unpaired) electrons. The molecule has 6 heteroatoms. The molecule has 1 saturated heterocycles. The first-order valence-electron chi connectivity index (χ1n) is 5.43. The lowest BCUT2D eigenvalue weighted by Crippen LogP contribution is -2.39. The van der Waals surface area contributed by atoms with Crippen molar-refractivity contribution < 1.29 is 19.1 Å². The molecule has 2 amide bonds. The van der Waals surface area contributed by atoms with Gasteiger partial charge in [-0.2, -0.15) is 0 Å². The first-order chi connectivity index (χ1) is 8.15. The van der Waals surface area contributed by atoms with Crippen LogP contribution in [0, 0.1) is 0 Å². The highest BCUT2D eigenvalue weighted by Gasteiger charge is 2.23. The number of imide groups is 1. The topological polar surface area (TPSA) is 82.8 Å². The number of aliphatic hydroxyl groups excluding tert-OH is 1. The maximum Gasteiger partial charge on any atom is 0.293 e. The van der Waals surface area contributed by atoms with Crippen LogP contribution in [0.2, 0.25) is 0 Å². The first kappa shape index (κ1) is 11.8. The fraction of sp³-hybridized carbons (Fsp3) is 0.455. The normalized spacial score (nSPS) is 20.4. The molecule has 0 saturated carbocycles. The zero-order valence-corrected chi connectivity index (χ0v) is 9.26. The van der Waals surface area contributed by atoms with Crippen LogP contribution in [-0.4, -0.2) is 47.6 Å². The summed E-state index contributed by atoms with van der Waals surface area (Å²) in [5.41, 5.74) is 0. The molecule has 0 aliphatic carbocycles. The number of nitrogens with one attached hydrogen (secondary N) is 1. The predicted octanol–water partition coefficient (Wildman–Crippen LogP) is -0.397. The molecule has 0 spiro atoms. The van der Waals surface area contributed by atoms with E-state index in [1.165, 1.54) is 12.3 Å². The minimum Gasteiger partial charge on any atom is -0.459 e. The minimum atomic E-state index is -0.542. The number of nitrogens with zero attached hydrogens (tertiary/aromatic N) is 1. The summed E-state index contributed by atoms with van der Waals surface area (Å²) in [6, 6.07) is 3.07. The molecule has 1 aromatic heterocycles. The third kappa shape index (κ3) is 3.15. The highest BCUT2D eigenvalue weighted by atomic mass is 16.3. The van der Waals surface area contributed by atoms with Crippen molar-refractivity contribution in [3.05, 3.63) is 24.2 Å². The molecule has 0 aromatic carbocycles. The van der Waals surface area contributed by atoms with E-state index in [4.69, 9.17) is 4.42 Å². The van der Waals surface area contributed by atoms with E-state index in [9.17, 15) is 14.7 Å². The summed E-state index contributed by atoms with van der Waals surface area (Å²) < 4.78 is 4.87. The second kappa shape index (κ2) is 5.11. The van der Waals surface area contributed by atoms with Crippen molar-refractivity contribution in [2.24, 2.45) is 0 Å². The average molecular weight is 238 g/mol. The van der Waals surface area contributed by atoms with E-state index >= 15 is 0 Å². The first-order valence-corrected chi connectivity index (χ1v) is 5.43. The SMILES string of the molecule is O=C(CN1CCC(O)C1)NC(=O)c1ccco1. The number of rotatable bonds is 3. The van der Waals surface area contributed by atoms with Crippen molar-refractivity contribution in [3.63, 3.8) is 0 Å². The van der Waals surface area contributed by atoms with Crippen LogP contribution in [-0.2, 0) is 4.79 Å². The summed E-state index contributed by atoms with van der Waals surface area (Å²) in [6.45, 7) is 1.26. The Labute approximate surface area is 98.2 Å². The van der Waals surface area contributed by atoms with E-state index in [0.29, 0.717) is 19.5 Å². The van der Waals surface area contributed by atoms with Crippen molar-refractivity contribution in [1.29, 1.82) is 0 Å². The molecule has 1 aliphatic heterocycles. The summed E-state index contributed by atoms with van der Waals surface area (Å²) in [6.07, 6.45) is 1.67. The molecule has 0 bridgehead atoms. The lowest BCUT2D eigenvalue weighted by Gasteiger charge is -2.13. The Morgan fingerprint density at radius 1 is 1.59 bits per heavy atom. The van der Waals surface area contributed by atoms with Crippen LogP contribution in [0.25, 0.3) is 0 Å². The van der Waals surface area contributed by atoms with Gasteiger partial charge in [0, 0.05) is 13.1 Å². The maximum absolute atomic E-state index is 11.5. The van der Waals surface area contributed by atoms with Crippen molar-refractivity contribution in [2.45, 2.75) is 12.5 Å². The molecule has 1 aromatic rings. The standard InChI is InChI=1S/C11H14N2O4/c14-8-3-4-13(6-8)7-10(15)12-11(16)9-2-1-5-17-9/h1-2,5,8,14H,3-4,6-7H2,(H,12,15,16). The molecule has 17 heavy (non-hydrogen) atoms. The molecule has 92 valence electrons. The van der Waals surface area contributed by atoms with E-state index in [1.54, 1.807) is 11.0 Å². The van der Waals surface area contributed by atoms with E-state index < -0.39 is 5.91 Å². The molecule has 1 aliphatic rings. The molecular weight excluding hydrogens is 224 g/mol. The summed E-state index contributed by atoms with van der Waals surface area (Å²) in [7, 11) is 0. The zero-order valence-electron chi connectivity index (χ0n) is 9.26. The third-order valence-corrected chi connectivity index (χ3v) is 2.61. The van der Waals surface area contributed by atoms with Gasteiger partial charge in [0.25, 0.3) is 5.91 Å². The van der Waals surface area contributed by atoms with Gasteiger partial charge < -0.3 is 9.52 Å². The van der Waals surface area contributed by atoms with Gasteiger partial charge in [0.2, 0.25) is 5.91 Å². The second-order valence-electron chi connectivity index (χ2n) is 4.03. The minimum absolute atomic E-state index is 0.111. The molecule has 1 unspecified atom stereocenters. The summed E-state index contributed by atoms with van der Waals surface area (Å²) in [5.74, 6) is -0.819. The molecule has 6 nitrogen and oxygen atoms in total. The number of carbonyl (C=O) groups is 2. The number of amides is 2. The Kier molecular flexibility index (Phi) is 3.55. The Hall–Kier alpha value is -1.66. The summed E-state index contributed by atoms with van der Waals surface area (Å²) in [5, 5.41) is 11.5. The van der Waals surface area contributed by atoms with Gasteiger partial charge in [-0.25, -0.2) is 0 Å². The smallest absolute Gasteiger partial charge is 0.293 e. The van der Waals surface area contributed by atoms with Crippen LogP contribution in [0.15, 0.2) is 22.8 Å². The highest BCUT2D eigenvalue weighted by molar-refractivity contribution is 6.03. The van der Waals surface area contributed by atoms with Gasteiger partial charge in [-0.05, 0) is 18.6 Å². The fourth-order valence-electron chi connectivity index (χ4n) is 1.79. The molecular formula is C11H14N2O4. The van der Waals surface area contributed by atoms with Gasteiger partial charge in [-0.15, -0.1) is 0 Å². The number of carbonyl (C=O) groups excluding carboxylic acids is 2. The molecule has 1 fully saturated rings. The molecule has 2 rings (SSSR count). The summed E-state index contributed by atoms with van der Waals surface area (Å²) in [4.78, 5) is 24.8. The molecule has 2 N–H and O–H groups in total. The number of hydrogen-bond donors (Lipinski definition) is 2. The van der Waals surface area contributed by atoms with Crippen molar-refractivity contribution >= 4 is 11.8 Å². The number of furan rings is 1. The van der Waals surface area contributed by atoms with Gasteiger partial charge in [-0.3, -0.25) is 19.8 Å². The lowest BCUT2D eigenvalue weighted by molar-refractivity contribution is -0.121. The van der Waals surface area contributed by atoms with Gasteiger partial charge >= 0.3 is 0 Å². The van der Waals surface area contributed by atoms with E-state index in [2.05, 4.69) is 5.32 Å². The maximum atomic E-state index is 11.5. The number of β-amino-alcohol motifs (C(OH)–C–C–N with tert-alkyl or cyclic N) is 1. The van der Waals surface area contributed by atoms with Crippen LogP contribution < -0.4 is 5.32 Å². The van der Waals surface area contributed by atoms with Crippen molar-refractivity contribution in [1.82, 2.24) is 10.2 Å². The van der Waals surface area contributed by atoms with E-state index in [0.717, 1.165) is 0 Å². The fourth-order valence-corrected chi connectivity index (χ4v) is 1.79. The number of hydrogen-bond acceptors (Lipinski definition) is 5. The number of aliphatic hydroxyl groups is 1. The monoisotopic (exact) mass is 238 g/mol. The zero-order chi connectivity index (χ0) is 12.3.